The van der Waals surface area contributed by atoms with Crippen molar-refractivity contribution in [3.05, 3.63) is 0 Å². The smallest absolute Gasteiger partial charge is 0.309 e. The van der Waals surface area contributed by atoms with Crippen molar-refractivity contribution in [2.45, 2.75) is 239 Å². The average molecular weight is 754 g/mol. The van der Waals surface area contributed by atoms with Crippen LogP contribution in [0.3, 0.4) is 0 Å². The van der Waals surface area contributed by atoms with Crippen LogP contribution in [-0.4, -0.2) is 69.0 Å². The fourth-order valence-corrected chi connectivity index (χ4v) is 8.51. The number of esters is 1. The van der Waals surface area contributed by atoms with E-state index in [-0.39, 0.29) is 30.3 Å². The number of hydrogen-bond acceptors (Lipinski definition) is 7. The molecule has 0 aromatic heterocycles. The topological polar surface area (TPSA) is 128 Å². The quantitative estimate of drug-likeness (QED) is 0.0313. The highest BCUT2D eigenvalue weighted by Crippen LogP contribution is 2.47. The predicted molar refractivity (Wildman–Crippen MR) is 219 cm³/mol. The van der Waals surface area contributed by atoms with Gasteiger partial charge in [-0.05, 0) is 89.3 Å². The number of aliphatic carboxylic acids is 1. The van der Waals surface area contributed by atoms with Crippen molar-refractivity contribution in [2.75, 3.05) is 19.6 Å². The monoisotopic (exact) mass is 754 g/mol. The zero-order valence-electron chi connectivity index (χ0n) is 35.2. The van der Waals surface area contributed by atoms with Gasteiger partial charge in [-0.3, -0.25) is 9.59 Å². The van der Waals surface area contributed by atoms with Crippen LogP contribution >= 0.6 is 0 Å². The molecule has 0 aromatic carbocycles. The van der Waals surface area contributed by atoms with Crippen LogP contribution in [-0.2, 0) is 14.3 Å². The number of likely N-dealkylation sites (tertiary alicyclic amines) is 1. The van der Waals surface area contributed by atoms with E-state index in [0.717, 1.165) is 103 Å². The molecule has 2 rings (SSSR count). The maximum atomic E-state index is 13.2. The molecule has 0 aromatic rings. The Morgan fingerprint density at radius 3 is 1.43 bits per heavy atom. The summed E-state index contributed by atoms with van der Waals surface area (Å²) in [6.45, 7) is 11.6. The molecule has 2 fully saturated rings. The number of nitrogens with zero attached hydrogens (tertiary/aromatic N) is 1. The van der Waals surface area contributed by atoms with Gasteiger partial charge >= 0.3 is 11.9 Å². The summed E-state index contributed by atoms with van der Waals surface area (Å²) in [7, 11) is 0. The minimum Gasteiger partial charge on any atom is -0.481 e. The number of carboxylic acid groups (broad SMARTS) is 1. The van der Waals surface area contributed by atoms with Crippen LogP contribution in [0.1, 0.15) is 227 Å². The molecule has 314 valence electrons. The number of hydrogen-bond donors (Lipinski definition) is 4. The van der Waals surface area contributed by atoms with E-state index in [0.29, 0.717) is 11.8 Å². The van der Waals surface area contributed by atoms with Crippen molar-refractivity contribution >= 4 is 11.9 Å². The minimum atomic E-state index is -2.55. The second-order valence-electron chi connectivity index (χ2n) is 17.1. The first-order chi connectivity index (χ1) is 25.5. The van der Waals surface area contributed by atoms with Crippen molar-refractivity contribution in [3.8, 4) is 0 Å². The van der Waals surface area contributed by atoms with Crippen LogP contribution in [0.5, 0.6) is 0 Å². The number of ether oxygens (including phenoxy) is 1. The summed E-state index contributed by atoms with van der Waals surface area (Å²) in [6.07, 6.45) is 34.3. The SMILES string of the molecule is CCCCCCCC(CCCCCCC)C(=O)O.CCCCCCCC(CCCCCCC)C(=O)OC1CCC2(CCN(CCCC(O)(O)O)CC2)C1. The zero-order valence-corrected chi connectivity index (χ0v) is 35.2. The molecule has 1 aliphatic carbocycles. The predicted octanol–water partition coefficient (Wildman–Crippen LogP) is 11.3. The first-order valence-electron chi connectivity index (χ1n) is 22.8. The molecule has 1 saturated carbocycles. The minimum absolute atomic E-state index is 0.0228. The highest BCUT2D eigenvalue weighted by atomic mass is 16.7. The summed E-state index contributed by atoms with van der Waals surface area (Å²) in [5.74, 6) is -3.08. The van der Waals surface area contributed by atoms with Gasteiger partial charge in [-0.2, -0.15) is 0 Å². The Labute approximate surface area is 326 Å². The molecule has 0 amide bonds. The number of aliphatic hydroxyl groups is 3. The van der Waals surface area contributed by atoms with E-state index in [2.05, 4.69) is 32.6 Å². The molecule has 0 bridgehead atoms. The standard InChI is InChI=1S/C29H55NO5.C16H32O2/c1-3-5-7-9-11-14-25(15-12-10-8-6-4-2)27(31)35-26-16-18-28(24-26)19-22-30(23-20-28)21-13-17-29(32,33)34;1-3-5-7-9-11-13-15(16(17)18)14-12-10-8-6-4-2/h25-26,32-34H,3-24H2,1-2H3;15H,3-14H2,1-2H3,(H,17,18). The first kappa shape index (κ1) is 49.8. The summed E-state index contributed by atoms with van der Waals surface area (Å²) in [4.78, 5) is 26.7. The van der Waals surface area contributed by atoms with E-state index in [1.54, 1.807) is 0 Å². The number of rotatable bonds is 31. The molecular formula is C45H87NO7. The molecule has 4 N–H and O–H groups in total. The third kappa shape index (κ3) is 25.5. The van der Waals surface area contributed by atoms with Gasteiger partial charge in [0.2, 0.25) is 0 Å². The number of piperidine rings is 1. The number of carbonyl (C=O) groups is 2. The van der Waals surface area contributed by atoms with Crippen molar-refractivity contribution in [2.24, 2.45) is 17.3 Å². The maximum Gasteiger partial charge on any atom is 0.309 e. The van der Waals surface area contributed by atoms with Gasteiger partial charge in [-0.15, -0.1) is 0 Å². The Balaban J connectivity index is 0.000000659. The fourth-order valence-electron chi connectivity index (χ4n) is 8.51. The average Bonchev–Trinajstić information content (AvgIpc) is 3.51. The lowest BCUT2D eigenvalue weighted by molar-refractivity contribution is -0.315. The van der Waals surface area contributed by atoms with Crippen LogP contribution in [0.2, 0.25) is 0 Å². The van der Waals surface area contributed by atoms with E-state index < -0.39 is 11.9 Å². The Morgan fingerprint density at radius 2 is 1.04 bits per heavy atom. The molecule has 1 spiro atoms. The van der Waals surface area contributed by atoms with Crippen molar-refractivity contribution < 1.29 is 34.8 Å². The number of carboxylic acids is 1. The maximum absolute atomic E-state index is 13.2. The van der Waals surface area contributed by atoms with E-state index in [9.17, 15) is 14.7 Å². The summed E-state index contributed by atoms with van der Waals surface area (Å²) in [5, 5.41) is 36.4. The second-order valence-corrected chi connectivity index (χ2v) is 17.1. The lowest BCUT2D eigenvalue weighted by atomic mass is 9.77. The molecule has 53 heavy (non-hydrogen) atoms. The summed E-state index contributed by atoms with van der Waals surface area (Å²) in [5.41, 5.74) is 0.298. The van der Waals surface area contributed by atoms with E-state index in [4.69, 9.17) is 20.1 Å². The summed E-state index contributed by atoms with van der Waals surface area (Å²) in [6, 6.07) is 0. The lowest BCUT2D eigenvalue weighted by Crippen LogP contribution is -2.40. The Hall–Kier alpha value is -1.22. The molecule has 1 saturated heterocycles. The van der Waals surface area contributed by atoms with Crippen molar-refractivity contribution in [1.29, 1.82) is 0 Å². The summed E-state index contributed by atoms with van der Waals surface area (Å²) < 4.78 is 6.15. The van der Waals surface area contributed by atoms with E-state index in [1.165, 1.54) is 103 Å². The molecular weight excluding hydrogens is 666 g/mol. The second kappa shape index (κ2) is 30.9. The van der Waals surface area contributed by atoms with Gasteiger partial charge in [0, 0.05) is 6.42 Å². The van der Waals surface area contributed by atoms with Crippen LogP contribution in [0.15, 0.2) is 0 Å². The normalized spacial score (nSPS) is 17.4. The van der Waals surface area contributed by atoms with Gasteiger partial charge in [-0.1, -0.05) is 156 Å². The molecule has 8 heteroatoms. The van der Waals surface area contributed by atoms with Crippen LogP contribution in [0.4, 0.5) is 0 Å². The number of unbranched alkanes of at least 4 members (excludes halogenated alkanes) is 16. The first-order valence-corrected chi connectivity index (χ1v) is 22.8. The molecule has 1 heterocycles. The Kier molecular flexibility index (Phi) is 29.1. The van der Waals surface area contributed by atoms with Crippen LogP contribution < -0.4 is 0 Å². The van der Waals surface area contributed by atoms with E-state index in [1.807, 2.05) is 0 Å². The zero-order chi connectivity index (χ0) is 39.2. The molecule has 2 aliphatic rings. The number of carbonyl (C=O) groups excluding carboxylic acids is 1. The summed E-state index contributed by atoms with van der Waals surface area (Å²) >= 11 is 0. The molecule has 8 nitrogen and oxygen atoms in total. The van der Waals surface area contributed by atoms with Crippen LogP contribution in [0, 0.1) is 17.3 Å². The molecule has 1 unspecified atom stereocenters. The van der Waals surface area contributed by atoms with E-state index >= 15 is 0 Å². The highest BCUT2D eigenvalue weighted by molar-refractivity contribution is 5.72. The van der Waals surface area contributed by atoms with Gasteiger partial charge in [-0.25, -0.2) is 0 Å². The van der Waals surface area contributed by atoms with Crippen molar-refractivity contribution in [3.63, 3.8) is 0 Å². The highest BCUT2D eigenvalue weighted by Gasteiger charge is 2.43. The largest absolute Gasteiger partial charge is 0.481 e. The lowest BCUT2D eigenvalue weighted by Gasteiger charge is -2.39. The van der Waals surface area contributed by atoms with Gasteiger partial charge in [0.1, 0.15) is 6.10 Å². The van der Waals surface area contributed by atoms with Gasteiger partial charge in [0.05, 0.1) is 11.8 Å². The van der Waals surface area contributed by atoms with Gasteiger partial charge < -0.3 is 30.1 Å². The van der Waals surface area contributed by atoms with Crippen molar-refractivity contribution in [1.82, 2.24) is 4.90 Å². The Morgan fingerprint density at radius 1 is 0.623 bits per heavy atom. The third-order valence-corrected chi connectivity index (χ3v) is 12.2. The molecule has 1 atom stereocenters. The molecule has 1 aliphatic heterocycles. The fraction of sp³-hybridized carbons (Fsp3) is 0.956. The van der Waals surface area contributed by atoms with Gasteiger partial charge in [0.25, 0.3) is 5.97 Å². The van der Waals surface area contributed by atoms with Gasteiger partial charge in [0.15, 0.2) is 0 Å². The van der Waals surface area contributed by atoms with Crippen LogP contribution in [0.25, 0.3) is 0 Å². The molecule has 0 radical (unpaired) electrons. The Bertz CT molecular complexity index is 855. The third-order valence-electron chi connectivity index (χ3n) is 12.2.